The Hall–Kier alpha value is -2.30. The van der Waals surface area contributed by atoms with Crippen LogP contribution in [0.3, 0.4) is 0 Å². The van der Waals surface area contributed by atoms with Gasteiger partial charge >= 0.3 is 5.97 Å². The number of rotatable bonds is 6. The number of hydrogen-bond donors (Lipinski definition) is 1. The van der Waals surface area contributed by atoms with Crippen LogP contribution >= 0.6 is 0 Å². The molecule has 0 bridgehead atoms. The molecular formula is C16H19NO4. The average molecular weight is 289 g/mol. The van der Waals surface area contributed by atoms with E-state index in [1.165, 1.54) is 0 Å². The van der Waals surface area contributed by atoms with Gasteiger partial charge in [-0.15, -0.1) is 6.58 Å². The molecule has 0 saturated carbocycles. The van der Waals surface area contributed by atoms with Crippen molar-refractivity contribution in [3.05, 3.63) is 42.5 Å². The van der Waals surface area contributed by atoms with Crippen molar-refractivity contribution in [3.8, 4) is 5.75 Å². The Morgan fingerprint density at radius 1 is 1.52 bits per heavy atom. The molecule has 1 saturated heterocycles. The highest BCUT2D eigenvalue weighted by atomic mass is 16.5. The predicted molar refractivity (Wildman–Crippen MR) is 78.0 cm³/mol. The third-order valence-electron chi connectivity index (χ3n) is 3.77. The van der Waals surface area contributed by atoms with Gasteiger partial charge in [0.25, 0.3) is 0 Å². The van der Waals surface area contributed by atoms with Crippen LogP contribution in [-0.2, 0) is 9.59 Å². The van der Waals surface area contributed by atoms with Crippen LogP contribution < -0.4 is 4.74 Å². The molecule has 1 aliphatic heterocycles. The summed E-state index contributed by atoms with van der Waals surface area (Å²) in [6.07, 6.45) is 2.04. The molecule has 1 amide bonds. The van der Waals surface area contributed by atoms with Crippen LogP contribution in [0.1, 0.15) is 24.4 Å². The van der Waals surface area contributed by atoms with Crippen LogP contribution in [0, 0.1) is 5.92 Å². The van der Waals surface area contributed by atoms with Crippen molar-refractivity contribution in [3.63, 3.8) is 0 Å². The minimum absolute atomic E-state index is 0.0260. The quantitative estimate of drug-likeness (QED) is 0.816. The van der Waals surface area contributed by atoms with Gasteiger partial charge in [0.05, 0.1) is 19.6 Å². The zero-order chi connectivity index (χ0) is 15.4. The van der Waals surface area contributed by atoms with E-state index in [2.05, 4.69) is 6.58 Å². The van der Waals surface area contributed by atoms with Crippen LogP contribution in [0.5, 0.6) is 5.75 Å². The van der Waals surface area contributed by atoms with Crippen LogP contribution in [0.25, 0.3) is 0 Å². The van der Waals surface area contributed by atoms with E-state index in [-0.39, 0.29) is 18.2 Å². The SMILES string of the molecule is C=CC1CC(=O)N(C(CC(=O)O)c2ccc(OC)cc2)C1. The normalized spacial score (nSPS) is 19.4. The van der Waals surface area contributed by atoms with E-state index in [1.54, 1.807) is 42.4 Å². The summed E-state index contributed by atoms with van der Waals surface area (Å²) >= 11 is 0. The number of carboxylic acid groups (broad SMARTS) is 1. The van der Waals surface area contributed by atoms with Crippen molar-refractivity contribution in [2.45, 2.75) is 18.9 Å². The molecule has 1 fully saturated rings. The highest BCUT2D eigenvalue weighted by molar-refractivity contribution is 5.80. The predicted octanol–water partition coefficient (Wildman–Crippen LogP) is 2.25. The zero-order valence-electron chi connectivity index (χ0n) is 12.0. The number of ether oxygens (including phenoxy) is 1. The Kier molecular flexibility index (Phi) is 4.62. The number of carboxylic acids is 1. The topological polar surface area (TPSA) is 66.8 Å². The molecule has 5 nitrogen and oxygen atoms in total. The number of benzene rings is 1. The van der Waals surface area contributed by atoms with Gasteiger partial charge < -0.3 is 14.7 Å². The second kappa shape index (κ2) is 6.43. The van der Waals surface area contributed by atoms with Crippen LogP contribution in [0.15, 0.2) is 36.9 Å². The summed E-state index contributed by atoms with van der Waals surface area (Å²) in [5.74, 6) is -0.163. The number of aliphatic carboxylic acids is 1. The fourth-order valence-corrected chi connectivity index (χ4v) is 2.62. The van der Waals surface area contributed by atoms with Gasteiger partial charge in [0.1, 0.15) is 5.75 Å². The number of amides is 1. The smallest absolute Gasteiger partial charge is 0.305 e. The third-order valence-corrected chi connectivity index (χ3v) is 3.77. The molecular weight excluding hydrogens is 270 g/mol. The Bertz CT molecular complexity index is 538. The van der Waals surface area contributed by atoms with Gasteiger partial charge in [0, 0.05) is 18.9 Å². The number of carbonyl (C=O) groups excluding carboxylic acids is 1. The second-order valence-electron chi connectivity index (χ2n) is 5.13. The van der Waals surface area contributed by atoms with E-state index >= 15 is 0 Å². The number of hydrogen-bond acceptors (Lipinski definition) is 3. The van der Waals surface area contributed by atoms with E-state index in [1.807, 2.05) is 0 Å². The van der Waals surface area contributed by atoms with Crippen LogP contribution in [-0.4, -0.2) is 35.5 Å². The van der Waals surface area contributed by atoms with Gasteiger partial charge in [0.15, 0.2) is 0 Å². The first-order valence-electron chi connectivity index (χ1n) is 6.83. The molecule has 2 atom stereocenters. The molecule has 0 aromatic heterocycles. The summed E-state index contributed by atoms with van der Waals surface area (Å²) in [4.78, 5) is 24.9. The fraction of sp³-hybridized carbons (Fsp3) is 0.375. The van der Waals surface area contributed by atoms with Crippen LogP contribution in [0.2, 0.25) is 0 Å². The number of carbonyl (C=O) groups is 2. The van der Waals surface area contributed by atoms with E-state index in [0.29, 0.717) is 18.7 Å². The fourth-order valence-electron chi connectivity index (χ4n) is 2.62. The molecule has 0 aliphatic carbocycles. The molecule has 1 aromatic rings. The van der Waals surface area contributed by atoms with E-state index in [9.17, 15) is 9.59 Å². The van der Waals surface area contributed by atoms with Crippen molar-refractivity contribution < 1.29 is 19.4 Å². The van der Waals surface area contributed by atoms with Gasteiger partial charge in [-0.05, 0) is 17.7 Å². The lowest BCUT2D eigenvalue weighted by molar-refractivity contribution is -0.139. The molecule has 112 valence electrons. The molecule has 1 aromatic carbocycles. The summed E-state index contributed by atoms with van der Waals surface area (Å²) in [6, 6.07) is 6.71. The molecule has 0 spiro atoms. The van der Waals surface area contributed by atoms with Crippen molar-refractivity contribution in [2.75, 3.05) is 13.7 Å². The average Bonchev–Trinajstić information content (AvgIpc) is 2.86. The summed E-state index contributed by atoms with van der Waals surface area (Å²) in [6.45, 7) is 4.24. The lowest BCUT2D eigenvalue weighted by Gasteiger charge is -2.27. The first-order valence-corrected chi connectivity index (χ1v) is 6.83. The van der Waals surface area contributed by atoms with E-state index in [0.717, 1.165) is 5.56 Å². The molecule has 21 heavy (non-hydrogen) atoms. The highest BCUT2D eigenvalue weighted by Gasteiger charge is 2.34. The van der Waals surface area contributed by atoms with Crippen molar-refractivity contribution in [1.29, 1.82) is 0 Å². The number of methoxy groups -OCH3 is 1. The Balaban J connectivity index is 2.27. The van der Waals surface area contributed by atoms with Crippen molar-refractivity contribution in [2.24, 2.45) is 5.92 Å². The maximum atomic E-state index is 12.1. The first kappa shape index (κ1) is 15.1. The summed E-state index contributed by atoms with van der Waals surface area (Å²) in [7, 11) is 1.57. The maximum Gasteiger partial charge on any atom is 0.305 e. The Morgan fingerprint density at radius 2 is 2.19 bits per heavy atom. The minimum Gasteiger partial charge on any atom is -0.497 e. The second-order valence-corrected chi connectivity index (χ2v) is 5.13. The highest BCUT2D eigenvalue weighted by Crippen LogP contribution is 2.32. The van der Waals surface area contributed by atoms with Gasteiger partial charge in [-0.2, -0.15) is 0 Å². The molecule has 2 rings (SSSR count). The molecule has 1 aliphatic rings. The van der Waals surface area contributed by atoms with Gasteiger partial charge in [-0.1, -0.05) is 18.2 Å². The molecule has 2 unspecified atom stereocenters. The van der Waals surface area contributed by atoms with Crippen LogP contribution in [0.4, 0.5) is 0 Å². The summed E-state index contributed by atoms with van der Waals surface area (Å²) in [5.41, 5.74) is 0.802. The molecule has 1 heterocycles. The Morgan fingerprint density at radius 3 is 2.67 bits per heavy atom. The largest absolute Gasteiger partial charge is 0.497 e. The van der Waals surface area contributed by atoms with Crippen molar-refractivity contribution >= 4 is 11.9 Å². The number of nitrogens with zero attached hydrogens (tertiary/aromatic N) is 1. The van der Waals surface area contributed by atoms with E-state index < -0.39 is 12.0 Å². The monoisotopic (exact) mass is 289 g/mol. The maximum absolute atomic E-state index is 12.1. The first-order chi connectivity index (χ1) is 10.0. The van der Waals surface area contributed by atoms with Gasteiger partial charge in [-0.3, -0.25) is 9.59 Å². The summed E-state index contributed by atoms with van der Waals surface area (Å²) < 4.78 is 5.10. The van der Waals surface area contributed by atoms with E-state index in [4.69, 9.17) is 9.84 Å². The standard InChI is InChI=1S/C16H19NO4/c1-3-11-8-15(18)17(10-11)14(9-16(19)20)12-4-6-13(21-2)7-5-12/h3-7,11,14H,1,8-10H2,2H3,(H,19,20). The number of likely N-dealkylation sites (tertiary alicyclic amines) is 1. The molecule has 0 radical (unpaired) electrons. The Labute approximate surface area is 123 Å². The van der Waals surface area contributed by atoms with Gasteiger partial charge in [-0.25, -0.2) is 0 Å². The van der Waals surface area contributed by atoms with Crippen molar-refractivity contribution in [1.82, 2.24) is 4.90 Å². The lowest BCUT2D eigenvalue weighted by Crippen LogP contribution is -2.31. The zero-order valence-corrected chi connectivity index (χ0v) is 12.0. The minimum atomic E-state index is -0.925. The lowest BCUT2D eigenvalue weighted by atomic mass is 10.0. The molecule has 1 N–H and O–H groups in total. The third kappa shape index (κ3) is 3.42. The summed E-state index contributed by atoms with van der Waals surface area (Å²) in [5, 5.41) is 9.13. The molecule has 5 heteroatoms. The van der Waals surface area contributed by atoms with Gasteiger partial charge in [0.2, 0.25) is 5.91 Å².